The van der Waals surface area contributed by atoms with Gasteiger partial charge >= 0.3 is 0 Å². The van der Waals surface area contributed by atoms with Crippen molar-refractivity contribution in [2.75, 3.05) is 26.2 Å². The number of nitrogens with one attached hydrogen (secondary N) is 3. The molecule has 0 aliphatic rings. The Morgan fingerprint density at radius 2 is 1.37 bits per heavy atom. The molecular weight excluding hydrogens is 440 g/mol. The molecule has 0 spiro atoms. The molecule has 1 aromatic carbocycles. The van der Waals surface area contributed by atoms with Crippen LogP contribution in [-0.2, 0) is 16.0 Å². The Morgan fingerprint density at radius 3 is 1.94 bits per heavy atom. The van der Waals surface area contributed by atoms with Gasteiger partial charge in [-0.3, -0.25) is 9.59 Å². The Balaban J connectivity index is 2.11. The van der Waals surface area contributed by atoms with Crippen LogP contribution in [0.15, 0.2) is 24.3 Å². The number of hydrogen-bond acceptors (Lipinski definition) is 5. The second kappa shape index (κ2) is 21.2. The highest BCUT2D eigenvalue weighted by atomic mass is 16.3. The lowest BCUT2D eigenvalue weighted by Gasteiger charge is -2.19. The van der Waals surface area contributed by atoms with E-state index in [-0.39, 0.29) is 17.6 Å². The molecule has 1 aromatic rings. The van der Waals surface area contributed by atoms with Gasteiger partial charge in [-0.05, 0) is 69.4 Å². The van der Waals surface area contributed by atoms with E-state index in [1.54, 1.807) is 24.3 Å². The van der Waals surface area contributed by atoms with Crippen LogP contribution in [0, 0.1) is 0 Å². The van der Waals surface area contributed by atoms with Crippen LogP contribution in [0.2, 0.25) is 0 Å². The van der Waals surface area contributed by atoms with Crippen molar-refractivity contribution in [3.05, 3.63) is 29.8 Å². The third-order valence-corrected chi connectivity index (χ3v) is 6.14. The van der Waals surface area contributed by atoms with E-state index < -0.39 is 6.04 Å². The standard InChI is InChI=1S/C28H50N4O3/c1-2-14-27(34)32-26(23-24-15-17-25(33)18-16-24)28(35)31-22-13-8-5-3-4-7-11-20-30-21-12-9-6-10-19-29/h15-18,26,30,33H,2-14,19-23,29H2,1H3,(H,31,35)(H,32,34)/t26-/m0/s1. The molecule has 200 valence electrons. The number of unbranched alkanes of at least 4 members (excludes halogenated alkanes) is 9. The van der Waals surface area contributed by atoms with Crippen LogP contribution in [0.1, 0.15) is 96.0 Å². The predicted octanol–water partition coefficient (Wildman–Crippen LogP) is 4.18. The lowest BCUT2D eigenvalue weighted by molar-refractivity contribution is -0.129. The number of carbonyl (C=O) groups excluding carboxylic acids is 2. The van der Waals surface area contributed by atoms with Gasteiger partial charge in [-0.25, -0.2) is 0 Å². The van der Waals surface area contributed by atoms with Crippen LogP contribution in [-0.4, -0.2) is 49.1 Å². The smallest absolute Gasteiger partial charge is 0.242 e. The molecule has 0 aliphatic carbocycles. The highest BCUT2D eigenvalue weighted by Crippen LogP contribution is 2.12. The summed E-state index contributed by atoms with van der Waals surface area (Å²) in [4.78, 5) is 24.8. The lowest BCUT2D eigenvalue weighted by atomic mass is 10.0. The number of amides is 2. The van der Waals surface area contributed by atoms with E-state index in [9.17, 15) is 14.7 Å². The summed E-state index contributed by atoms with van der Waals surface area (Å²) >= 11 is 0. The van der Waals surface area contributed by atoms with Gasteiger partial charge in [-0.15, -0.1) is 0 Å². The highest BCUT2D eigenvalue weighted by Gasteiger charge is 2.20. The van der Waals surface area contributed by atoms with Crippen molar-refractivity contribution in [1.82, 2.24) is 16.0 Å². The number of benzene rings is 1. The zero-order chi connectivity index (χ0) is 25.6. The minimum absolute atomic E-state index is 0.107. The van der Waals surface area contributed by atoms with E-state index in [4.69, 9.17) is 5.73 Å². The molecule has 35 heavy (non-hydrogen) atoms. The zero-order valence-electron chi connectivity index (χ0n) is 22.0. The van der Waals surface area contributed by atoms with Crippen molar-refractivity contribution in [3.8, 4) is 5.75 Å². The fourth-order valence-corrected chi connectivity index (χ4v) is 4.04. The van der Waals surface area contributed by atoms with Crippen LogP contribution in [0.4, 0.5) is 0 Å². The van der Waals surface area contributed by atoms with Gasteiger partial charge in [-0.2, -0.15) is 0 Å². The molecule has 0 heterocycles. The molecule has 0 unspecified atom stereocenters. The van der Waals surface area contributed by atoms with Gasteiger partial charge in [0.15, 0.2) is 0 Å². The molecule has 2 amide bonds. The number of hydrogen-bond donors (Lipinski definition) is 5. The number of phenolic OH excluding ortho intramolecular Hbond substituents is 1. The van der Waals surface area contributed by atoms with Gasteiger partial charge in [0.25, 0.3) is 0 Å². The summed E-state index contributed by atoms with van der Waals surface area (Å²) < 4.78 is 0. The zero-order valence-corrected chi connectivity index (χ0v) is 22.0. The molecule has 0 saturated heterocycles. The Kier molecular flexibility index (Phi) is 18.7. The van der Waals surface area contributed by atoms with Crippen LogP contribution >= 0.6 is 0 Å². The highest BCUT2D eigenvalue weighted by molar-refractivity contribution is 5.87. The Bertz CT molecular complexity index is 667. The minimum atomic E-state index is -0.599. The Hall–Kier alpha value is -2.12. The molecule has 0 radical (unpaired) electrons. The van der Waals surface area contributed by atoms with Crippen molar-refractivity contribution in [2.45, 2.75) is 103 Å². The SMILES string of the molecule is CCCC(=O)N[C@@H](Cc1ccc(O)cc1)C(=O)NCCCCCCCCCNCCCCCCN. The Morgan fingerprint density at radius 1 is 0.829 bits per heavy atom. The van der Waals surface area contributed by atoms with Crippen LogP contribution in [0.3, 0.4) is 0 Å². The fourth-order valence-electron chi connectivity index (χ4n) is 4.04. The average molecular weight is 491 g/mol. The molecule has 1 atom stereocenters. The summed E-state index contributed by atoms with van der Waals surface area (Å²) in [6, 6.07) is 6.16. The maximum absolute atomic E-state index is 12.7. The number of phenols is 1. The first-order chi connectivity index (χ1) is 17.1. The third-order valence-electron chi connectivity index (χ3n) is 6.14. The first-order valence-corrected chi connectivity index (χ1v) is 13.8. The van der Waals surface area contributed by atoms with E-state index in [0.29, 0.717) is 19.4 Å². The molecular formula is C28H50N4O3. The fraction of sp³-hybridized carbons (Fsp3) is 0.714. The minimum Gasteiger partial charge on any atom is -0.508 e. The van der Waals surface area contributed by atoms with Gasteiger partial charge in [0.2, 0.25) is 11.8 Å². The number of carbonyl (C=O) groups is 2. The van der Waals surface area contributed by atoms with Crippen molar-refractivity contribution >= 4 is 11.8 Å². The quantitative estimate of drug-likeness (QED) is 0.156. The maximum Gasteiger partial charge on any atom is 0.242 e. The van der Waals surface area contributed by atoms with Crippen molar-refractivity contribution in [1.29, 1.82) is 0 Å². The van der Waals surface area contributed by atoms with Crippen LogP contribution in [0.5, 0.6) is 5.75 Å². The lowest BCUT2D eigenvalue weighted by Crippen LogP contribution is -2.48. The second-order valence-electron chi connectivity index (χ2n) is 9.46. The number of nitrogens with two attached hydrogens (primary N) is 1. The van der Waals surface area contributed by atoms with E-state index in [1.165, 1.54) is 51.4 Å². The van der Waals surface area contributed by atoms with E-state index in [2.05, 4.69) is 16.0 Å². The Labute approximate surface area is 213 Å². The normalized spacial score (nSPS) is 11.8. The summed E-state index contributed by atoms with van der Waals surface area (Å²) in [5.74, 6) is -0.0651. The molecule has 7 nitrogen and oxygen atoms in total. The molecule has 6 N–H and O–H groups in total. The molecule has 1 rings (SSSR count). The molecule has 0 bridgehead atoms. The average Bonchev–Trinajstić information content (AvgIpc) is 2.84. The summed E-state index contributed by atoms with van der Waals surface area (Å²) in [5.41, 5.74) is 6.41. The van der Waals surface area contributed by atoms with Gasteiger partial charge in [-0.1, -0.05) is 64.0 Å². The number of aromatic hydroxyl groups is 1. The molecule has 7 heteroatoms. The van der Waals surface area contributed by atoms with Gasteiger partial charge in [0.1, 0.15) is 11.8 Å². The first kappa shape index (κ1) is 30.9. The number of rotatable bonds is 22. The van der Waals surface area contributed by atoms with Crippen molar-refractivity contribution in [3.63, 3.8) is 0 Å². The monoisotopic (exact) mass is 490 g/mol. The summed E-state index contributed by atoms with van der Waals surface area (Å²) in [5, 5.41) is 18.9. The van der Waals surface area contributed by atoms with E-state index in [1.807, 2.05) is 6.92 Å². The van der Waals surface area contributed by atoms with E-state index in [0.717, 1.165) is 50.9 Å². The summed E-state index contributed by atoms with van der Waals surface area (Å²) in [7, 11) is 0. The van der Waals surface area contributed by atoms with Gasteiger partial charge < -0.3 is 26.8 Å². The van der Waals surface area contributed by atoms with Crippen LogP contribution < -0.4 is 21.7 Å². The molecule has 0 aromatic heterocycles. The molecule has 0 saturated carbocycles. The van der Waals surface area contributed by atoms with Gasteiger partial charge in [0.05, 0.1) is 0 Å². The summed E-state index contributed by atoms with van der Waals surface area (Å²) in [6.07, 6.45) is 14.7. The third kappa shape index (κ3) is 17.0. The van der Waals surface area contributed by atoms with Gasteiger partial charge in [0, 0.05) is 19.4 Å². The molecule has 0 aliphatic heterocycles. The first-order valence-electron chi connectivity index (χ1n) is 13.8. The maximum atomic E-state index is 12.7. The van der Waals surface area contributed by atoms with E-state index >= 15 is 0 Å². The van der Waals surface area contributed by atoms with Crippen molar-refractivity contribution in [2.24, 2.45) is 5.73 Å². The van der Waals surface area contributed by atoms with Crippen molar-refractivity contribution < 1.29 is 14.7 Å². The largest absolute Gasteiger partial charge is 0.508 e. The topological polar surface area (TPSA) is 116 Å². The summed E-state index contributed by atoms with van der Waals surface area (Å²) in [6.45, 7) is 5.61. The second-order valence-corrected chi connectivity index (χ2v) is 9.46. The molecule has 0 fully saturated rings. The predicted molar refractivity (Wildman–Crippen MR) is 144 cm³/mol. The van der Waals surface area contributed by atoms with Crippen LogP contribution in [0.25, 0.3) is 0 Å².